The molecular weight excluding hydrogens is 178 g/mol. The van der Waals surface area contributed by atoms with Crippen molar-refractivity contribution in [2.75, 3.05) is 13.2 Å². The van der Waals surface area contributed by atoms with Crippen molar-refractivity contribution in [3.8, 4) is 0 Å². The second-order valence-electron chi connectivity index (χ2n) is 3.40. The van der Waals surface area contributed by atoms with Crippen LogP contribution in [0.15, 0.2) is 12.4 Å². The zero-order valence-electron chi connectivity index (χ0n) is 8.94. The van der Waals surface area contributed by atoms with E-state index in [1.807, 2.05) is 17.8 Å². The van der Waals surface area contributed by atoms with Gasteiger partial charge in [0.15, 0.2) is 0 Å². The Kier molecular flexibility index (Phi) is 4.62. The number of hydrogen-bond acceptors (Lipinski definition) is 3. The van der Waals surface area contributed by atoms with Gasteiger partial charge in [0.25, 0.3) is 0 Å². The minimum Gasteiger partial charge on any atom is -0.381 e. The molecule has 0 saturated heterocycles. The minimum atomic E-state index is -0.0214. The van der Waals surface area contributed by atoms with Gasteiger partial charge in [-0.1, -0.05) is 6.92 Å². The molecule has 0 radical (unpaired) electrons. The van der Waals surface area contributed by atoms with Crippen LogP contribution in [0.3, 0.4) is 0 Å². The lowest BCUT2D eigenvalue weighted by Crippen LogP contribution is -2.17. The Morgan fingerprint density at radius 1 is 1.57 bits per heavy atom. The van der Waals surface area contributed by atoms with E-state index in [-0.39, 0.29) is 6.04 Å². The van der Waals surface area contributed by atoms with E-state index >= 15 is 0 Å². The van der Waals surface area contributed by atoms with Crippen LogP contribution >= 0.6 is 0 Å². The molecule has 4 heteroatoms. The summed E-state index contributed by atoms with van der Waals surface area (Å²) in [5.74, 6) is 0.921. The molecule has 0 amide bonds. The third kappa shape index (κ3) is 3.12. The third-order valence-corrected chi connectivity index (χ3v) is 2.11. The van der Waals surface area contributed by atoms with Crippen LogP contribution in [-0.4, -0.2) is 22.8 Å². The fourth-order valence-corrected chi connectivity index (χ4v) is 1.32. The van der Waals surface area contributed by atoms with Gasteiger partial charge >= 0.3 is 0 Å². The number of nitrogens with two attached hydrogens (primary N) is 1. The first kappa shape index (κ1) is 11.2. The number of nitrogens with zero attached hydrogens (tertiary/aromatic N) is 2. The minimum absolute atomic E-state index is 0.0214. The van der Waals surface area contributed by atoms with Gasteiger partial charge in [-0.3, -0.25) is 0 Å². The number of imidazole rings is 1. The highest BCUT2D eigenvalue weighted by molar-refractivity contribution is 4.97. The van der Waals surface area contributed by atoms with Gasteiger partial charge in [0.2, 0.25) is 0 Å². The van der Waals surface area contributed by atoms with Crippen molar-refractivity contribution >= 4 is 0 Å². The van der Waals surface area contributed by atoms with Crippen molar-refractivity contribution in [3.05, 3.63) is 18.2 Å². The van der Waals surface area contributed by atoms with Gasteiger partial charge in [0, 0.05) is 32.7 Å². The summed E-state index contributed by atoms with van der Waals surface area (Å²) in [5.41, 5.74) is 5.96. The number of ether oxygens (including phenoxy) is 1. The number of rotatable bonds is 6. The van der Waals surface area contributed by atoms with Gasteiger partial charge in [-0.15, -0.1) is 0 Å². The van der Waals surface area contributed by atoms with Gasteiger partial charge in [-0.05, 0) is 12.8 Å². The first-order valence-corrected chi connectivity index (χ1v) is 5.06. The first-order chi connectivity index (χ1) is 6.75. The largest absolute Gasteiger partial charge is 0.381 e. The zero-order valence-corrected chi connectivity index (χ0v) is 8.94. The summed E-state index contributed by atoms with van der Waals surface area (Å²) in [4.78, 5) is 4.20. The molecular formula is C10H19N3O. The lowest BCUT2D eigenvalue weighted by atomic mass is 10.2. The maximum absolute atomic E-state index is 5.96. The van der Waals surface area contributed by atoms with Crippen LogP contribution in [0.2, 0.25) is 0 Å². The summed E-state index contributed by atoms with van der Waals surface area (Å²) >= 11 is 0. The van der Waals surface area contributed by atoms with Gasteiger partial charge in [0.1, 0.15) is 5.82 Å². The Bertz CT molecular complexity index is 260. The van der Waals surface area contributed by atoms with Crippen LogP contribution in [0, 0.1) is 0 Å². The molecule has 0 fully saturated rings. The molecule has 14 heavy (non-hydrogen) atoms. The highest BCUT2D eigenvalue weighted by atomic mass is 16.5. The van der Waals surface area contributed by atoms with Crippen LogP contribution < -0.4 is 5.73 Å². The number of aromatic nitrogens is 2. The van der Waals surface area contributed by atoms with E-state index in [0.29, 0.717) is 6.61 Å². The molecule has 1 rings (SSSR count). The van der Waals surface area contributed by atoms with Crippen LogP contribution in [0.25, 0.3) is 0 Å². The molecule has 0 aliphatic carbocycles. The predicted octanol–water partition coefficient (Wildman–Crippen LogP) is 1.24. The summed E-state index contributed by atoms with van der Waals surface area (Å²) in [7, 11) is 1.95. The van der Waals surface area contributed by atoms with Crippen LogP contribution in [-0.2, 0) is 11.8 Å². The molecule has 0 aliphatic rings. The topological polar surface area (TPSA) is 53.1 Å². The molecule has 1 aromatic rings. The van der Waals surface area contributed by atoms with E-state index < -0.39 is 0 Å². The fourth-order valence-electron chi connectivity index (χ4n) is 1.32. The Hall–Kier alpha value is -0.870. The summed E-state index contributed by atoms with van der Waals surface area (Å²) in [6.07, 6.45) is 5.55. The van der Waals surface area contributed by atoms with E-state index in [9.17, 15) is 0 Å². The van der Waals surface area contributed by atoms with Gasteiger partial charge in [-0.25, -0.2) is 4.98 Å². The molecule has 2 N–H and O–H groups in total. The number of hydrogen-bond donors (Lipinski definition) is 1. The van der Waals surface area contributed by atoms with E-state index in [1.165, 1.54) is 0 Å². The lowest BCUT2D eigenvalue weighted by molar-refractivity contribution is 0.127. The van der Waals surface area contributed by atoms with Crippen molar-refractivity contribution in [2.45, 2.75) is 25.8 Å². The highest BCUT2D eigenvalue weighted by Crippen LogP contribution is 2.10. The highest BCUT2D eigenvalue weighted by Gasteiger charge is 2.09. The third-order valence-electron chi connectivity index (χ3n) is 2.11. The summed E-state index contributed by atoms with van der Waals surface area (Å²) in [6, 6.07) is -0.0214. The summed E-state index contributed by atoms with van der Waals surface area (Å²) in [6.45, 7) is 3.62. The molecule has 0 bridgehead atoms. The molecule has 1 atom stereocenters. The maximum atomic E-state index is 5.96. The molecule has 0 saturated carbocycles. The molecule has 0 aliphatic heterocycles. The Balaban J connectivity index is 2.28. The smallest absolute Gasteiger partial charge is 0.125 e. The second kappa shape index (κ2) is 5.78. The monoisotopic (exact) mass is 197 g/mol. The van der Waals surface area contributed by atoms with E-state index in [4.69, 9.17) is 10.5 Å². The first-order valence-electron chi connectivity index (χ1n) is 5.06. The quantitative estimate of drug-likeness (QED) is 0.698. The van der Waals surface area contributed by atoms with Crippen molar-refractivity contribution < 1.29 is 4.74 Å². The summed E-state index contributed by atoms with van der Waals surface area (Å²) < 4.78 is 7.32. The Labute approximate surface area is 85.1 Å². The van der Waals surface area contributed by atoms with Crippen molar-refractivity contribution in [2.24, 2.45) is 12.8 Å². The molecule has 1 unspecified atom stereocenters. The van der Waals surface area contributed by atoms with Gasteiger partial charge < -0.3 is 15.0 Å². The Morgan fingerprint density at radius 3 is 2.93 bits per heavy atom. The molecule has 1 aromatic heterocycles. The average molecular weight is 197 g/mol. The van der Waals surface area contributed by atoms with Crippen LogP contribution in [0.5, 0.6) is 0 Å². The second-order valence-corrected chi connectivity index (χ2v) is 3.40. The fraction of sp³-hybridized carbons (Fsp3) is 0.700. The molecule has 80 valence electrons. The van der Waals surface area contributed by atoms with Crippen molar-refractivity contribution in [3.63, 3.8) is 0 Å². The van der Waals surface area contributed by atoms with Crippen molar-refractivity contribution in [1.82, 2.24) is 9.55 Å². The summed E-state index contributed by atoms with van der Waals surface area (Å²) in [5, 5.41) is 0. The van der Waals surface area contributed by atoms with Crippen LogP contribution in [0.1, 0.15) is 31.6 Å². The SMILES string of the molecule is CCCOCCC(N)c1nccn1C. The van der Waals surface area contributed by atoms with Gasteiger partial charge in [-0.2, -0.15) is 0 Å². The van der Waals surface area contributed by atoms with E-state index in [1.54, 1.807) is 6.20 Å². The molecule has 1 heterocycles. The van der Waals surface area contributed by atoms with Gasteiger partial charge in [0.05, 0.1) is 6.04 Å². The van der Waals surface area contributed by atoms with Crippen molar-refractivity contribution in [1.29, 1.82) is 0 Å². The normalized spacial score (nSPS) is 13.1. The van der Waals surface area contributed by atoms with Crippen LogP contribution in [0.4, 0.5) is 0 Å². The predicted molar refractivity (Wildman–Crippen MR) is 55.9 cm³/mol. The Morgan fingerprint density at radius 2 is 2.36 bits per heavy atom. The zero-order chi connectivity index (χ0) is 10.4. The standard InChI is InChI=1S/C10H19N3O/c1-3-7-14-8-4-9(11)10-12-5-6-13(10)2/h5-6,9H,3-4,7-8,11H2,1-2H3. The molecule has 4 nitrogen and oxygen atoms in total. The average Bonchev–Trinajstić information content (AvgIpc) is 2.59. The lowest BCUT2D eigenvalue weighted by Gasteiger charge is -2.11. The van der Waals surface area contributed by atoms with E-state index in [0.717, 1.165) is 25.3 Å². The number of aryl methyl sites for hydroxylation is 1. The maximum Gasteiger partial charge on any atom is 0.125 e. The molecule has 0 aromatic carbocycles. The molecule has 0 spiro atoms. The van der Waals surface area contributed by atoms with E-state index in [2.05, 4.69) is 11.9 Å².